The van der Waals surface area contributed by atoms with E-state index in [9.17, 15) is 24.5 Å². The maximum atomic E-state index is 12.8. The Bertz CT molecular complexity index is 1410. The second kappa shape index (κ2) is 11.0. The third kappa shape index (κ3) is 6.14. The van der Waals surface area contributed by atoms with Gasteiger partial charge in [0.25, 0.3) is 16.8 Å². The van der Waals surface area contributed by atoms with Gasteiger partial charge in [0.05, 0.1) is 14.7 Å². The minimum Gasteiger partial charge on any atom is -0.324 e. The molecule has 1 N–H and O–H groups in total. The molecule has 0 spiro atoms. The Hall–Kier alpha value is -3.60. The Morgan fingerprint density at radius 3 is 2.58 bits per heavy atom. The van der Waals surface area contributed by atoms with Gasteiger partial charge in [-0.3, -0.25) is 29.4 Å². The topological polar surface area (TPSA) is 110 Å². The van der Waals surface area contributed by atoms with Gasteiger partial charge in [0.2, 0.25) is 5.91 Å². The molecular formula is C25H18ClN3O5S2. The zero-order chi connectivity index (χ0) is 25.8. The van der Waals surface area contributed by atoms with Crippen molar-refractivity contribution >= 4 is 69.6 Å². The van der Waals surface area contributed by atoms with Gasteiger partial charge in [0, 0.05) is 21.7 Å². The molecule has 3 amide bonds. The van der Waals surface area contributed by atoms with Crippen molar-refractivity contribution in [3.05, 3.63) is 97.9 Å². The fourth-order valence-electron chi connectivity index (χ4n) is 3.28. The van der Waals surface area contributed by atoms with Crippen LogP contribution in [0.15, 0.2) is 81.4 Å². The molecule has 182 valence electrons. The largest absolute Gasteiger partial charge is 0.324 e. The normalized spacial score (nSPS) is 14.4. The molecule has 1 fully saturated rings. The lowest BCUT2D eigenvalue weighted by Crippen LogP contribution is -2.36. The summed E-state index contributed by atoms with van der Waals surface area (Å²) in [6, 6.07) is 18.7. The average Bonchev–Trinajstić information content (AvgIpc) is 3.08. The SMILES string of the molecule is Cc1ccc(Sc2ccc(C=C3SC(=O)N(CC(=O)Nc4cccc(Cl)c4)C3=O)cc2[N+](=O)[O-])cc1. The van der Waals surface area contributed by atoms with Crippen molar-refractivity contribution in [3.8, 4) is 0 Å². The first-order chi connectivity index (χ1) is 17.2. The van der Waals surface area contributed by atoms with Crippen LogP contribution in [0, 0.1) is 17.0 Å². The van der Waals surface area contributed by atoms with Gasteiger partial charge in [0.1, 0.15) is 6.54 Å². The minimum absolute atomic E-state index is 0.0730. The number of amides is 3. The van der Waals surface area contributed by atoms with Gasteiger partial charge in [-0.1, -0.05) is 53.2 Å². The lowest BCUT2D eigenvalue weighted by Gasteiger charge is -2.12. The molecule has 0 bridgehead atoms. The molecule has 0 aliphatic carbocycles. The molecule has 0 aromatic heterocycles. The van der Waals surface area contributed by atoms with Gasteiger partial charge < -0.3 is 5.32 Å². The molecule has 8 nitrogen and oxygen atoms in total. The highest BCUT2D eigenvalue weighted by molar-refractivity contribution is 8.18. The van der Waals surface area contributed by atoms with Gasteiger partial charge >= 0.3 is 0 Å². The van der Waals surface area contributed by atoms with Crippen LogP contribution in [0.3, 0.4) is 0 Å². The molecule has 1 aliphatic heterocycles. The van der Waals surface area contributed by atoms with Gasteiger partial charge in [-0.15, -0.1) is 0 Å². The van der Waals surface area contributed by atoms with Gasteiger partial charge in [-0.25, -0.2) is 0 Å². The van der Waals surface area contributed by atoms with Gasteiger partial charge in [-0.2, -0.15) is 0 Å². The van der Waals surface area contributed by atoms with Crippen molar-refractivity contribution in [2.45, 2.75) is 16.7 Å². The Morgan fingerprint density at radius 2 is 1.89 bits per heavy atom. The molecule has 36 heavy (non-hydrogen) atoms. The molecule has 1 aliphatic rings. The highest BCUT2D eigenvalue weighted by Gasteiger charge is 2.36. The number of hydrogen-bond acceptors (Lipinski definition) is 7. The van der Waals surface area contributed by atoms with Crippen LogP contribution in [0.1, 0.15) is 11.1 Å². The van der Waals surface area contributed by atoms with Crippen LogP contribution < -0.4 is 5.32 Å². The number of halogens is 1. The molecule has 0 saturated carbocycles. The minimum atomic E-state index is -0.646. The van der Waals surface area contributed by atoms with Crippen LogP contribution in [0.25, 0.3) is 6.08 Å². The van der Waals surface area contributed by atoms with Crippen LogP contribution in [-0.4, -0.2) is 33.4 Å². The molecule has 0 atom stereocenters. The summed E-state index contributed by atoms with van der Waals surface area (Å²) in [5, 5.41) is 14.1. The van der Waals surface area contributed by atoms with E-state index in [1.165, 1.54) is 23.9 Å². The summed E-state index contributed by atoms with van der Waals surface area (Å²) in [5.74, 6) is -1.21. The van der Waals surface area contributed by atoms with Crippen molar-refractivity contribution in [2.24, 2.45) is 0 Å². The number of nitrogens with one attached hydrogen (secondary N) is 1. The first-order valence-corrected chi connectivity index (χ1v) is 12.5. The smallest absolute Gasteiger partial charge is 0.294 e. The summed E-state index contributed by atoms with van der Waals surface area (Å²) in [6.45, 7) is 1.49. The van der Waals surface area contributed by atoms with E-state index < -0.39 is 28.5 Å². The second-order valence-corrected chi connectivity index (χ2v) is 10.3. The number of hydrogen-bond donors (Lipinski definition) is 1. The summed E-state index contributed by atoms with van der Waals surface area (Å²) < 4.78 is 0. The van der Waals surface area contributed by atoms with E-state index in [0.717, 1.165) is 15.4 Å². The highest BCUT2D eigenvalue weighted by Crippen LogP contribution is 2.37. The number of nitro groups is 1. The fraction of sp³-hybridized carbons (Fsp3) is 0.0800. The number of carbonyl (C=O) groups is 3. The molecule has 1 saturated heterocycles. The number of aryl methyl sites for hydroxylation is 1. The van der Waals surface area contributed by atoms with Crippen LogP contribution >= 0.6 is 35.1 Å². The van der Waals surface area contributed by atoms with E-state index in [0.29, 0.717) is 32.9 Å². The quantitative estimate of drug-likeness (QED) is 0.210. The first kappa shape index (κ1) is 25.5. The van der Waals surface area contributed by atoms with Crippen molar-refractivity contribution in [1.29, 1.82) is 0 Å². The zero-order valence-electron chi connectivity index (χ0n) is 18.8. The number of benzene rings is 3. The Labute approximate surface area is 219 Å². The summed E-state index contributed by atoms with van der Waals surface area (Å²) in [5.41, 5.74) is 1.80. The number of thioether (sulfide) groups is 1. The summed E-state index contributed by atoms with van der Waals surface area (Å²) >= 11 is 7.84. The molecule has 1 heterocycles. The predicted molar refractivity (Wildman–Crippen MR) is 141 cm³/mol. The molecule has 0 radical (unpaired) electrons. The third-order valence-corrected chi connectivity index (χ3v) is 7.23. The lowest BCUT2D eigenvalue weighted by atomic mass is 10.2. The Morgan fingerprint density at radius 1 is 1.14 bits per heavy atom. The maximum Gasteiger partial charge on any atom is 0.294 e. The van der Waals surface area contributed by atoms with E-state index in [1.807, 2.05) is 31.2 Å². The summed E-state index contributed by atoms with van der Waals surface area (Å²) in [7, 11) is 0. The monoisotopic (exact) mass is 539 g/mol. The number of imide groups is 1. The fourth-order valence-corrected chi connectivity index (χ4v) is 5.21. The highest BCUT2D eigenvalue weighted by atomic mass is 35.5. The van der Waals surface area contributed by atoms with Crippen LogP contribution in [0.5, 0.6) is 0 Å². The van der Waals surface area contributed by atoms with Crippen LogP contribution in [0.4, 0.5) is 16.2 Å². The van der Waals surface area contributed by atoms with Crippen molar-refractivity contribution in [3.63, 3.8) is 0 Å². The van der Waals surface area contributed by atoms with E-state index in [-0.39, 0.29) is 10.6 Å². The van der Waals surface area contributed by atoms with E-state index >= 15 is 0 Å². The zero-order valence-corrected chi connectivity index (χ0v) is 21.2. The summed E-state index contributed by atoms with van der Waals surface area (Å²) in [6.07, 6.45) is 1.41. The van der Waals surface area contributed by atoms with Crippen molar-refractivity contribution < 1.29 is 19.3 Å². The molecule has 0 unspecified atom stereocenters. The molecule has 11 heteroatoms. The van der Waals surface area contributed by atoms with E-state index in [1.54, 1.807) is 36.4 Å². The number of anilines is 1. The molecule has 3 aromatic carbocycles. The van der Waals surface area contributed by atoms with Gasteiger partial charge in [-0.05, 0) is 66.7 Å². The predicted octanol–water partition coefficient (Wildman–Crippen LogP) is 6.38. The molecule has 4 rings (SSSR count). The Kier molecular flexibility index (Phi) is 7.78. The first-order valence-electron chi connectivity index (χ1n) is 10.5. The maximum absolute atomic E-state index is 12.8. The van der Waals surface area contributed by atoms with Crippen LogP contribution in [0.2, 0.25) is 5.02 Å². The van der Waals surface area contributed by atoms with Crippen LogP contribution in [-0.2, 0) is 9.59 Å². The standard InChI is InChI=1S/C25H18ClN3O5S2/c1-15-5-8-19(9-6-15)35-21-10-7-16(11-20(21)29(33)34)12-22-24(31)28(25(32)36-22)14-23(30)27-18-4-2-3-17(26)13-18/h2-13H,14H2,1H3,(H,27,30). The lowest BCUT2D eigenvalue weighted by molar-refractivity contribution is -0.387. The third-order valence-electron chi connectivity index (χ3n) is 5.01. The van der Waals surface area contributed by atoms with E-state index in [2.05, 4.69) is 5.32 Å². The molecule has 3 aromatic rings. The van der Waals surface area contributed by atoms with Gasteiger partial charge in [0.15, 0.2) is 0 Å². The number of nitro benzene ring substituents is 1. The van der Waals surface area contributed by atoms with Crippen molar-refractivity contribution in [2.75, 3.05) is 11.9 Å². The van der Waals surface area contributed by atoms with Crippen molar-refractivity contribution in [1.82, 2.24) is 4.90 Å². The second-order valence-electron chi connectivity index (χ2n) is 7.73. The van der Waals surface area contributed by atoms with E-state index in [4.69, 9.17) is 11.6 Å². The summed E-state index contributed by atoms with van der Waals surface area (Å²) in [4.78, 5) is 51.0. The number of rotatable bonds is 7. The number of nitrogens with zero attached hydrogens (tertiary/aromatic N) is 2. The Balaban J connectivity index is 1.49. The number of carbonyl (C=O) groups excluding carboxylic acids is 3. The average molecular weight is 540 g/mol. The molecular weight excluding hydrogens is 522 g/mol.